The highest BCUT2D eigenvalue weighted by molar-refractivity contribution is 6.05. The summed E-state index contributed by atoms with van der Waals surface area (Å²) in [6.07, 6.45) is -0.747. The minimum Gasteiger partial charge on any atom is -0.392 e. The molecule has 2 heterocycles. The van der Waals surface area contributed by atoms with E-state index in [2.05, 4.69) is 6.58 Å². The maximum Gasteiger partial charge on any atom is 0.208 e. The van der Waals surface area contributed by atoms with Crippen LogP contribution < -0.4 is 0 Å². The van der Waals surface area contributed by atoms with Crippen molar-refractivity contribution in [2.45, 2.75) is 63.6 Å². The Balaban J connectivity index is 1.81. The van der Waals surface area contributed by atoms with Crippen molar-refractivity contribution in [3.05, 3.63) is 12.2 Å². The molecule has 4 N–H and O–H groups in total. The van der Waals surface area contributed by atoms with E-state index in [1.807, 2.05) is 13.8 Å². The van der Waals surface area contributed by atoms with Crippen molar-refractivity contribution in [3.8, 4) is 0 Å². The Kier molecular flexibility index (Phi) is 3.07. The number of carbonyl (C=O) groups is 1. The van der Waals surface area contributed by atoms with Crippen molar-refractivity contribution in [1.82, 2.24) is 0 Å². The summed E-state index contributed by atoms with van der Waals surface area (Å²) in [6, 6.07) is 0. The van der Waals surface area contributed by atoms with Crippen LogP contribution in [0.25, 0.3) is 0 Å². The second kappa shape index (κ2) is 4.61. The van der Waals surface area contributed by atoms with Crippen LogP contribution in [0, 0.1) is 34.0 Å². The fourth-order valence-electron chi connectivity index (χ4n) is 7.90. The highest BCUT2D eigenvalue weighted by Gasteiger charge is 2.86. The van der Waals surface area contributed by atoms with Crippen LogP contribution in [0.5, 0.6) is 0 Å². The summed E-state index contributed by atoms with van der Waals surface area (Å²) in [5.41, 5.74) is -2.49. The number of ether oxygens (including phenoxy) is 1. The van der Waals surface area contributed by atoms with E-state index in [4.69, 9.17) is 4.74 Å². The number of fused-ring (bicyclic) bond motifs is 2. The van der Waals surface area contributed by atoms with Gasteiger partial charge in [0.2, 0.25) is 5.79 Å². The molecule has 6 aliphatic rings. The number of rotatable bonds is 0. The van der Waals surface area contributed by atoms with Gasteiger partial charge in [0.15, 0.2) is 5.78 Å². The van der Waals surface area contributed by atoms with Crippen molar-refractivity contribution in [2.24, 2.45) is 34.0 Å². The summed E-state index contributed by atoms with van der Waals surface area (Å²) in [5.74, 6) is -3.80. The minimum atomic E-state index is -2.15. The predicted molar refractivity (Wildman–Crippen MR) is 90.7 cm³/mol. The molecule has 0 amide bonds. The van der Waals surface area contributed by atoms with Crippen LogP contribution in [-0.4, -0.2) is 56.9 Å². The van der Waals surface area contributed by atoms with E-state index < -0.39 is 58.5 Å². The van der Waals surface area contributed by atoms with Crippen molar-refractivity contribution < 1.29 is 30.0 Å². The first-order valence-electron chi connectivity index (χ1n) is 9.71. The zero-order valence-electron chi connectivity index (χ0n) is 15.3. The molecule has 6 nitrogen and oxygen atoms in total. The summed E-state index contributed by atoms with van der Waals surface area (Å²) in [5, 5.41) is 45.1. The molecule has 144 valence electrons. The molecular formula is C20H28O6. The van der Waals surface area contributed by atoms with Crippen LogP contribution in [0.3, 0.4) is 0 Å². The van der Waals surface area contributed by atoms with Crippen molar-refractivity contribution in [2.75, 3.05) is 6.61 Å². The molecule has 4 bridgehead atoms. The van der Waals surface area contributed by atoms with E-state index in [0.717, 1.165) is 6.42 Å². The number of aliphatic hydroxyl groups excluding tert-OH is 3. The lowest BCUT2D eigenvalue weighted by Crippen LogP contribution is -2.85. The molecule has 0 aromatic rings. The van der Waals surface area contributed by atoms with E-state index in [1.54, 1.807) is 0 Å². The Morgan fingerprint density at radius 2 is 1.81 bits per heavy atom. The quantitative estimate of drug-likeness (QED) is 0.463. The second-order valence-electron chi connectivity index (χ2n) is 9.97. The van der Waals surface area contributed by atoms with Gasteiger partial charge in [-0.15, -0.1) is 0 Å². The van der Waals surface area contributed by atoms with Gasteiger partial charge in [0.25, 0.3) is 0 Å². The maximum absolute atomic E-state index is 13.3. The van der Waals surface area contributed by atoms with Gasteiger partial charge in [-0.05, 0) is 42.6 Å². The minimum absolute atomic E-state index is 0.0966. The predicted octanol–water partition coefficient (Wildman–Crippen LogP) is 0.376. The van der Waals surface area contributed by atoms with E-state index in [1.165, 1.54) is 0 Å². The first-order chi connectivity index (χ1) is 12.1. The fraction of sp³-hybridized carbons (Fsp3) is 0.850. The number of carbonyl (C=O) groups excluding carboxylic acids is 1. The van der Waals surface area contributed by atoms with Gasteiger partial charge in [-0.3, -0.25) is 4.79 Å². The molecule has 2 saturated heterocycles. The molecular weight excluding hydrogens is 336 g/mol. The maximum atomic E-state index is 13.3. The highest BCUT2D eigenvalue weighted by atomic mass is 16.6. The third-order valence-electron chi connectivity index (χ3n) is 8.88. The SMILES string of the molecule is C=C1C(=O)[C@]23[C@H](CC[C@H]1[C@@H]2O)[C@]12CO[C@@]3(O)[C@@H](O)[C@@H]1C(C)(C)CC[C@H]2O. The van der Waals surface area contributed by atoms with Crippen LogP contribution in [-0.2, 0) is 9.53 Å². The lowest BCUT2D eigenvalue weighted by atomic mass is 9.35. The molecule has 6 rings (SSSR count). The summed E-state index contributed by atoms with van der Waals surface area (Å²) in [7, 11) is 0. The monoisotopic (exact) mass is 364 g/mol. The zero-order valence-corrected chi connectivity index (χ0v) is 15.3. The van der Waals surface area contributed by atoms with Gasteiger partial charge in [0.05, 0.1) is 18.8 Å². The molecule has 6 heteroatoms. The smallest absolute Gasteiger partial charge is 0.208 e. The number of Topliss-reactive ketones (excluding diaryl/α,β-unsaturated/α-hetero) is 1. The molecule has 4 aliphatic carbocycles. The molecule has 2 aliphatic heterocycles. The van der Waals surface area contributed by atoms with Gasteiger partial charge in [-0.2, -0.15) is 0 Å². The van der Waals surface area contributed by atoms with E-state index in [0.29, 0.717) is 24.8 Å². The van der Waals surface area contributed by atoms with Crippen LogP contribution in [0.1, 0.15) is 39.5 Å². The van der Waals surface area contributed by atoms with Gasteiger partial charge in [0.1, 0.15) is 11.5 Å². The van der Waals surface area contributed by atoms with Gasteiger partial charge >= 0.3 is 0 Å². The van der Waals surface area contributed by atoms with Gasteiger partial charge < -0.3 is 25.2 Å². The fourth-order valence-corrected chi connectivity index (χ4v) is 7.90. The normalized spacial score (nSPS) is 59.9. The Labute approximate surface area is 152 Å². The van der Waals surface area contributed by atoms with Crippen LogP contribution in [0.15, 0.2) is 12.2 Å². The number of hydrogen-bond donors (Lipinski definition) is 4. The summed E-state index contributed by atoms with van der Waals surface area (Å²) >= 11 is 0. The topological polar surface area (TPSA) is 107 Å². The summed E-state index contributed by atoms with van der Waals surface area (Å²) in [6.45, 7) is 8.07. The lowest BCUT2D eigenvalue weighted by Gasteiger charge is -2.74. The van der Waals surface area contributed by atoms with Crippen molar-refractivity contribution in [1.29, 1.82) is 0 Å². The number of aliphatic hydroxyl groups is 4. The van der Waals surface area contributed by atoms with Crippen molar-refractivity contribution >= 4 is 5.78 Å². The Bertz CT molecular complexity index is 717. The largest absolute Gasteiger partial charge is 0.392 e. The average Bonchev–Trinajstić information content (AvgIpc) is 2.69. The molecule has 4 saturated carbocycles. The van der Waals surface area contributed by atoms with E-state index >= 15 is 0 Å². The standard InChI is InChI=1S/C20H28O6/c1-9-10-4-5-11-18-8-26-20(25,19(11,14(9)22)15(10)23)16(24)13(18)17(2,3)7-6-12(18)21/h10-13,15-16,21,23-25H,1,4-8H2,2-3H3/t10-,11-,12-,13-,15+,16+,18+,19-,20+/m1/s1. The molecule has 6 fully saturated rings. The van der Waals surface area contributed by atoms with Crippen molar-refractivity contribution in [3.63, 3.8) is 0 Å². The number of ketones is 1. The molecule has 2 spiro atoms. The molecule has 0 aromatic carbocycles. The Hall–Kier alpha value is -0.790. The van der Waals surface area contributed by atoms with Crippen LogP contribution in [0.4, 0.5) is 0 Å². The third-order valence-corrected chi connectivity index (χ3v) is 8.88. The summed E-state index contributed by atoms with van der Waals surface area (Å²) < 4.78 is 5.80. The summed E-state index contributed by atoms with van der Waals surface area (Å²) in [4.78, 5) is 13.3. The third kappa shape index (κ3) is 1.41. The molecule has 0 aromatic heterocycles. The van der Waals surface area contributed by atoms with Crippen LogP contribution >= 0.6 is 0 Å². The molecule has 0 radical (unpaired) electrons. The van der Waals surface area contributed by atoms with Crippen LogP contribution in [0.2, 0.25) is 0 Å². The Morgan fingerprint density at radius 1 is 1.12 bits per heavy atom. The van der Waals surface area contributed by atoms with Gasteiger partial charge in [-0.25, -0.2) is 0 Å². The first kappa shape index (κ1) is 17.3. The molecule has 0 unspecified atom stereocenters. The lowest BCUT2D eigenvalue weighted by molar-refractivity contribution is -0.458. The highest BCUT2D eigenvalue weighted by Crippen LogP contribution is 2.76. The van der Waals surface area contributed by atoms with Gasteiger partial charge in [0, 0.05) is 17.3 Å². The second-order valence-corrected chi connectivity index (χ2v) is 9.97. The van der Waals surface area contributed by atoms with E-state index in [-0.39, 0.29) is 12.0 Å². The average molecular weight is 364 g/mol. The van der Waals surface area contributed by atoms with E-state index in [9.17, 15) is 25.2 Å². The van der Waals surface area contributed by atoms with Gasteiger partial charge in [-0.1, -0.05) is 20.4 Å². The zero-order chi connectivity index (χ0) is 18.9. The molecule has 9 atom stereocenters. The number of hydrogen-bond acceptors (Lipinski definition) is 6. The first-order valence-corrected chi connectivity index (χ1v) is 9.71. The molecule has 26 heavy (non-hydrogen) atoms. The Morgan fingerprint density at radius 3 is 2.50 bits per heavy atom.